The average Bonchev–Trinajstić information content (AvgIpc) is 2.56. The number of anilines is 1. The number of nitrogens with one attached hydrogen (secondary N) is 1. The first kappa shape index (κ1) is 20.0. The number of guanidine groups is 1. The maximum atomic E-state index is 5.88. The summed E-state index contributed by atoms with van der Waals surface area (Å²) in [5.74, 6) is 1.12. The molecule has 1 heterocycles. The number of hydrogen-bond donors (Lipinski definition) is 2. The number of aliphatic imine (C=N–C) groups is 1. The smallest absolute Gasteiger partial charge is 0.193 e. The van der Waals surface area contributed by atoms with Crippen molar-refractivity contribution in [3.8, 4) is 5.75 Å². The lowest BCUT2D eigenvalue weighted by molar-refractivity contribution is -0.0318. The van der Waals surface area contributed by atoms with Crippen LogP contribution in [0.5, 0.6) is 5.75 Å². The fourth-order valence-electron chi connectivity index (χ4n) is 2.28. The van der Waals surface area contributed by atoms with E-state index in [1.807, 2.05) is 24.3 Å². The van der Waals surface area contributed by atoms with Crippen molar-refractivity contribution < 1.29 is 14.2 Å². The minimum atomic E-state index is 0. The lowest BCUT2D eigenvalue weighted by Gasteiger charge is -2.22. The summed E-state index contributed by atoms with van der Waals surface area (Å²) in [7, 11) is 1.63. The van der Waals surface area contributed by atoms with Gasteiger partial charge in [0.05, 0.1) is 18.9 Å². The van der Waals surface area contributed by atoms with Crippen molar-refractivity contribution in [2.75, 3.05) is 38.8 Å². The predicted octanol–water partition coefficient (Wildman–Crippen LogP) is 2.63. The van der Waals surface area contributed by atoms with Gasteiger partial charge in [0.1, 0.15) is 5.75 Å². The third kappa shape index (κ3) is 7.36. The minimum absolute atomic E-state index is 0. The molecule has 7 heteroatoms. The summed E-state index contributed by atoms with van der Waals surface area (Å²) < 4.78 is 16.3. The second-order valence-electron chi connectivity index (χ2n) is 5.13. The number of methoxy groups -OCH3 is 1. The van der Waals surface area contributed by atoms with Gasteiger partial charge < -0.3 is 25.3 Å². The molecule has 0 amide bonds. The average molecular weight is 435 g/mol. The van der Waals surface area contributed by atoms with Crippen LogP contribution in [0, 0.1) is 0 Å². The van der Waals surface area contributed by atoms with Crippen molar-refractivity contribution >= 4 is 35.6 Å². The molecule has 130 valence electrons. The van der Waals surface area contributed by atoms with Crippen molar-refractivity contribution in [3.63, 3.8) is 0 Å². The van der Waals surface area contributed by atoms with Crippen molar-refractivity contribution in [1.82, 2.24) is 0 Å². The second kappa shape index (κ2) is 11.5. The molecule has 0 atom stereocenters. The Balaban J connectivity index is 0.00000264. The Morgan fingerprint density at radius 2 is 2.09 bits per heavy atom. The van der Waals surface area contributed by atoms with Gasteiger partial charge in [-0.25, -0.2) is 0 Å². The van der Waals surface area contributed by atoms with Gasteiger partial charge in [-0.3, -0.25) is 4.99 Å². The summed E-state index contributed by atoms with van der Waals surface area (Å²) in [4.78, 5) is 4.30. The summed E-state index contributed by atoms with van der Waals surface area (Å²) in [5, 5.41) is 3.05. The van der Waals surface area contributed by atoms with E-state index in [2.05, 4.69) is 10.3 Å². The highest BCUT2D eigenvalue weighted by atomic mass is 127. The van der Waals surface area contributed by atoms with Crippen LogP contribution in [-0.2, 0) is 9.47 Å². The van der Waals surface area contributed by atoms with Gasteiger partial charge in [0, 0.05) is 26.4 Å². The first-order valence-electron chi connectivity index (χ1n) is 7.69. The molecule has 1 aliphatic rings. The van der Waals surface area contributed by atoms with Crippen LogP contribution in [-0.4, -0.2) is 45.5 Å². The number of nitrogens with two attached hydrogens (primary N) is 1. The van der Waals surface area contributed by atoms with Gasteiger partial charge >= 0.3 is 0 Å². The van der Waals surface area contributed by atoms with E-state index in [1.165, 1.54) is 0 Å². The molecule has 1 aromatic rings. The van der Waals surface area contributed by atoms with Crippen LogP contribution in [0.2, 0.25) is 0 Å². The Hall–Kier alpha value is -1.06. The molecule has 1 fully saturated rings. The number of benzene rings is 1. The number of rotatable bonds is 7. The van der Waals surface area contributed by atoms with Gasteiger partial charge in [-0.1, -0.05) is 12.1 Å². The minimum Gasteiger partial charge on any atom is -0.495 e. The summed E-state index contributed by atoms with van der Waals surface area (Å²) in [6.45, 7) is 2.95. The molecule has 1 aliphatic heterocycles. The Bertz CT molecular complexity index is 479. The Morgan fingerprint density at radius 3 is 2.83 bits per heavy atom. The zero-order valence-corrected chi connectivity index (χ0v) is 15.8. The number of halogens is 1. The maximum Gasteiger partial charge on any atom is 0.193 e. The molecule has 3 N–H and O–H groups in total. The van der Waals surface area contributed by atoms with E-state index in [-0.39, 0.29) is 24.0 Å². The molecule has 0 radical (unpaired) electrons. The van der Waals surface area contributed by atoms with E-state index in [0.717, 1.165) is 43.9 Å². The van der Waals surface area contributed by atoms with Crippen molar-refractivity contribution in [1.29, 1.82) is 0 Å². The molecule has 6 nitrogen and oxygen atoms in total. The monoisotopic (exact) mass is 435 g/mol. The normalized spacial score (nSPS) is 15.8. The SMILES string of the molecule is COc1ccccc1NC(N)=NCCCOC1CCOCC1.I. The zero-order valence-electron chi connectivity index (χ0n) is 13.5. The van der Waals surface area contributed by atoms with Crippen LogP contribution in [0.15, 0.2) is 29.3 Å². The molecule has 1 saturated heterocycles. The Morgan fingerprint density at radius 1 is 1.35 bits per heavy atom. The van der Waals surface area contributed by atoms with Gasteiger partial charge in [-0.15, -0.1) is 24.0 Å². The number of hydrogen-bond acceptors (Lipinski definition) is 4. The number of nitrogens with zero attached hydrogens (tertiary/aromatic N) is 1. The van der Waals surface area contributed by atoms with Crippen molar-refractivity contribution in [2.45, 2.75) is 25.4 Å². The molecule has 0 unspecified atom stereocenters. The highest BCUT2D eigenvalue weighted by Gasteiger charge is 2.13. The number of ether oxygens (including phenoxy) is 3. The predicted molar refractivity (Wildman–Crippen MR) is 103 cm³/mol. The van der Waals surface area contributed by atoms with Crippen molar-refractivity contribution in [2.24, 2.45) is 10.7 Å². The molecule has 0 aromatic heterocycles. The Labute approximate surface area is 154 Å². The molecule has 0 spiro atoms. The van der Waals surface area contributed by atoms with E-state index in [0.29, 0.717) is 25.2 Å². The fraction of sp³-hybridized carbons (Fsp3) is 0.562. The molecule has 0 saturated carbocycles. The third-order valence-electron chi connectivity index (χ3n) is 3.48. The Kier molecular flexibility index (Phi) is 9.97. The first-order valence-corrected chi connectivity index (χ1v) is 7.69. The van der Waals surface area contributed by atoms with Crippen LogP contribution < -0.4 is 15.8 Å². The van der Waals surface area contributed by atoms with E-state index in [9.17, 15) is 0 Å². The standard InChI is InChI=1S/C16H25N3O3.HI/c1-20-15-6-3-2-5-14(15)19-16(17)18-9-4-10-22-13-7-11-21-12-8-13;/h2-3,5-6,13H,4,7-12H2,1H3,(H3,17,18,19);1H. The molecule has 1 aromatic carbocycles. The second-order valence-corrected chi connectivity index (χ2v) is 5.13. The number of para-hydroxylation sites is 2. The first-order chi connectivity index (χ1) is 10.8. The van der Waals surface area contributed by atoms with Crippen LogP contribution in [0.1, 0.15) is 19.3 Å². The highest BCUT2D eigenvalue weighted by Crippen LogP contribution is 2.22. The largest absolute Gasteiger partial charge is 0.495 e. The zero-order chi connectivity index (χ0) is 15.6. The lowest BCUT2D eigenvalue weighted by Crippen LogP contribution is -2.24. The molecular weight excluding hydrogens is 409 g/mol. The summed E-state index contributed by atoms with van der Waals surface area (Å²) in [6, 6.07) is 7.59. The van der Waals surface area contributed by atoms with Gasteiger partial charge in [-0.05, 0) is 31.4 Å². The van der Waals surface area contributed by atoms with Crippen LogP contribution in [0.4, 0.5) is 5.69 Å². The molecule has 23 heavy (non-hydrogen) atoms. The molecular formula is C16H26IN3O3. The van der Waals surface area contributed by atoms with E-state index in [1.54, 1.807) is 7.11 Å². The van der Waals surface area contributed by atoms with Crippen molar-refractivity contribution in [3.05, 3.63) is 24.3 Å². The van der Waals surface area contributed by atoms with E-state index < -0.39 is 0 Å². The molecule has 2 rings (SSSR count). The van der Waals surface area contributed by atoms with Crippen LogP contribution >= 0.6 is 24.0 Å². The van der Waals surface area contributed by atoms with E-state index in [4.69, 9.17) is 19.9 Å². The van der Waals surface area contributed by atoms with Gasteiger partial charge in [-0.2, -0.15) is 0 Å². The molecule has 0 aliphatic carbocycles. The summed E-state index contributed by atoms with van der Waals surface area (Å²) >= 11 is 0. The van der Waals surface area contributed by atoms with Crippen LogP contribution in [0.3, 0.4) is 0 Å². The lowest BCUT2D eigenvalue weighted by atomic mass is 10.1. The van der Waals surface area contributed by atoms with E-state index >= 15 is 0 Å². The molecule has 0 bridgehead atoms. The summed E-state index contributed by atoms with van der Waals surface area (Å²) in [5.41, 5.74) is 6.69. The fourth-order valence-corrected chi connectivity index (χ4v) is 2.28. The van der Waals surface area contributed by atoms with Gasteiger partial charge in [0.2, 0.25) is 0 Å². The topological polar surface area (TPSA) is 78.1 Å². The third-order valence-corrected chi connectivity index (χ3v) is 3.48. The maximum absolute atomic E-state index is 5.88. The van der Waals surface area contributed by atoms with Crippen LogP contribution in [0.25, 0.3) is 0 Å². The van der Waals surface area contributed by atoms with Gasteiger partial charge in [0.15, 0.2) is 5.96 Å². The quantitative estimate of drug-likeness (QED) is 0.298. The highest BCUT2D eigenvalue weighted by molar-refractivity contribution is 14.0. The van der Waals surface area contributed by atoms with Gasteiger partial charge in [0.25, 0.3) is 0 Å². The summed E-state index contributed by atoms with van der Waals surface area (Å²) in [6.07, 6.45) is 3.16.